The van der Waals surface area contributed by atoms with Crippen LogP contribution >= 0.6 is 23.2 Å². The maximum atomic E-state index is 13.8. The molecule has 0 aliphatic carbocycles. The molecule has 0 aliphatic heterocycles. The maximum absolute atomic E-state index is 13.8. The SMILES string of the molecule is O=C(NC(F)[C@H](O)C(F)F)c1cc(-c2ccc(Cl)cc2)nn(-c2cccc(Cl)c2)c1=O. The molecule has 0 fully saturated rings. The quantitative estimate of drug-likeness (QED) is 0.534. The summed E-state index contributed by atoms with van der Waals surface area (Å²) in [5, 5.41) is 15.6. The first-order chi connectivity index (χ1) is 14.7. The van der Waals surface area contributed by atoms with E-state index in [4.69, 9.17) is 28.3 Å². The third-order valence-electron chi connectivity index (χ3n) is 4.18. The lowest BCUT2D eigenvalue weighted by atomic mass is 10.1. The molecule has 0 bridgehead atoms. The molecule has 2 N–H and O–H groups in total. The summed E-state index contributed by atoms with van der Waals surface area (Å²) in [5.74, 6) is -1.30. The van der Waals surface area contributed by atoms with Crippen molar-refractivity contribution in [1.82, 2.24) is 15.1 Å². The molecule has 0 saturated carbocycles. The van der Waals surface area contributed by atoms with E-state index in [1.807, 2.05) is 0 Å². The third-order valence-corrected chi connectivity index (χ3v) is 4.66. The first-order valence-electron chi connectivity index (χ1n) is 8.75. The van der Waals surface area contributed by atoms with Crippen molar-refractivity contribution in [2.75, 3.05) is 0 Å². The predicted octanol–water partition coefficient (Wildman–Crippen LogP) is 3.86. The number of hydrogen-bond acceptors (Lipinski definition) is 4. The summed E-state index contributed by atoms with van der Waals surface area (Å²) >= 11 is 11.9. The van der Waals surface area contributed by atoms with Crippen LogP contribution in [0.2, 0.25) is 10.0 Å². The molecule has 0 saturated heterocycles. The number of carbonyl (C=O) groups is 1. The fourth-order valence-electron chi connectivity index (χ4n) is 2.62. The Bertz CT molecular complexity index is 1160. The topological polar surface area (TPSA) is 84.2 Å². The fourth-order valence-corrected chi connectivity index (χ4v) is 2.93. The summed E-state index contributed by atoms with van der Waals surface area (Å²) in [5.41, 5.74) is -0.697. The number of hydrogen-bond donors (Lipinski definition) is 2. The number of aromatic nitrogens is 2. The second-order valence-electron chi connectivity index (χ2n) is 6.35. The van der Waals surface area contributed by atoms with Gasteiger partial charge in [-0.1, -0.05) is 41.4 Å². The van der Waals surface area contributed by atoms with Crippen LogP contribution < -0.4 is 10.9 Å². The van der Waals surface area contributed by atoms with Crippen LogP contribution in [-0.2, 0) is 0 Å². The van der Waals surface area contributed by atoms with Gasteiger partial charge in [0.05, 0.1) is 11.4 Å². The minimum Gasteiger partial charge on any atom is -0.382 e. The zero-order chi connectivity index (χ0) is 22.7. The van der Waals surface area contributed by atoms with Crippen molar-refractivity contribution in [3.63, 3.8) is 0 Å². The molecule has 1 aromatic heterocycles. The average molecular weight is 472 g/mol. The van der Waals surface area contributed by atoms with Gasteiger partial charge in [0.15, 0.2) is 6.10 Å². The summed E-state index contributed by atoms with van der Waals surface area (Å²) in [6.07, 6.45) is -8.98. The van der Waals surface area contributed by atoms with Crippen LogP contribution in [0.15, 0.2) is 59.4 Å². The third kappa shape index (κ3) is 5.25. The van der Waals surface area contributed by atoms with E-state index in [2.05, 4.69) is 5.10 Å². The van der Waals surface area contributed by atoms with Crippen molar-refractivity contribution < 1.29 is 23.1 Å². The van der Waals surface area contributed by atoms with Crippen molar-refractivity contribution in [2.45, 2.75) is 18.8 Å². The van der Waals surface area contributed by atoms with E-state index in [0.717, 1.165) is 10.7 Å². The summed E-state index contributed by atoms with van der Waals surface area (Å²) in [6, 6.07) is 13.4. The smallest absolute Gasteiger partial charge is 0.284 e. The van der Waals surface area contributed by atoms with Gasteiger partial charge >= 0.3 is 0 Å². The number of amides is 1. The fraction of sp³-hybridized carbons (Fsp3) is 0.150. The molecule has 162 valence electrons. The second-order valence-corrected chi connectivity index (χ2v) is 7.22. The molecule has 1 unspecified atom stereocenters. The monoisotopic (exact) mass is 471 g/mol. The lowest BCUT2D eigenvalue weighted by molar-refractivity contribution is -0.0551. The summed E-state index contributed by atoms with van der Waals surface area (Å²) < 4.78 is 39.7. The number of alkyl halides is 3. The van der Waals surface area contributed by atoms with E-state index in [-0.39, 0.29) is 16.4 Å². The van der Waals surface area contributed by atoms with Gasteiger partial charge in [0.2, 0.25) is 6.30 Å². The van der Waals surface area contributed by atoms with Gasteiger partial charge in [-0.05, 0) is 36.4 Å². The maximum Gasteiger partial charge on any atom is 0.284 e. The van der Waals surface area contributed by atoms with Crippen molar-refractivity contribution in [3.05, 3.63) is 80.6 Å². The van der Waals surface area contributed by atoms with Crippen LogP contribution in [0.25, 0.3) is 16.9 Å². The standard InChI is InChI=1S/C20H14Cl2F3N3O3/c21-11-6-4-10(5-7-11)15-9-14(19(30)26-18(25)16(29)17(23)24)20(31)28(27-15)13-3-1-2-12(22)8-13/h1-9,16-18,29H,(H,26,30)/t16-,18?/m1/s1. The highest BCUT2D eigenvalue weighted by Gasteiger charge is 2.30. The Morgan fingerprint density at radius 3 is 2.32 bits per heavy atom. The molecule has 11 heteroatoms. The van der Waals surface area contributed by atoms with Gasteiger partial charge in [0.25, 0.3) is 17.9 Å². The van der Waals surface area contributed by atoms with Crippen molar-refractivity contribution >= 4 is 29.1 Å². The van der Waals surface area contributed by atoms with Crippen molar-refractivity contribution in [3.8, 4) is 16.9 Å². The van der Waals surface area contributed by atoms with Gasteiger partial charge in [0, 0.05) is 15.6 Å². The average Bonchev–Trinajstić information content (AvgIpc) is 2.73. The van der Waals surface area contributed by atoms with Crippen molar-refractivity contribution in [1.29, 1.82) is 0 Å². The molecule has 0 radical (unpaired) electrons. The zero-order valence-electron chi connectivity index (χ0n) is 15.5. The number of aliphatic hydroxyl groups is 1. The lowest BCUT2D eigenvalue weighted by Gasteiger charge is -2.17. The second kappa shape index (κ2) is 9.51. The Hall–Kier alpha value is -2.88. The molecular formula is C20H14Cl2F3N3O3. The van der Waals surface area contributed by atoms with Crippen LogP contribution in [0, 0.1) is 0 Å². The summed E-state index contributed by atoms with van der Waals surface area (Å²) in [7, 11) is 0. The normalized spacial score (nSPS) is 13.1. The zero-order valence-corrected chi connectivity index (χ0v) is 17.0. The van der Waals surface area contributed by atoms with Gasteiger partial charge < -0.3 is 10.4 Å². The van der Waals surface area contributed by atoms with E-state index in [1.165, 1.54) is 12.1 Å². The van der Waals surface area contributed by atoms with E-state index in [0.29, 0.717) is 10.6 Å². The first-order valence-corrected chi connectivity index (χ1v) is 9.50. The molecule has 1 amide bonds. The number of nitrogens with one attached hydrogen (secondary N) is 1. The molecule has 0 spiro atoms. The number of carbonyl (C=O) groups excluding carboxylic acids is 1. The largest absolute Gasteiger partial charge is 0.382 e. The Morgan fingerprint density at radius 2 is 1.71 bits per heavy atom. The van der Waals surface area contributed by atoms with Gasteiger partial charge in [-0.15, -0.1) is 0 Å². The number of halogens is 5. The molecule has 2 aromatic carbocycles. The van der Waals surface area contributed by atoms with Crippen LogP contribution in [0.5, 0.6) is 0 Å². The first kappa shape index (κ1) is 22.8. The van der Waals surface area contributed by atoms with Crippen LogP contribution in [0.1, 0.15) is 10.4 Å². The van der Waals surface area contributed by atoms with E-state index in [9.17, 15) is 22.8 Å². The van der Waals surface area contributed by atoms with Crippen LogP contribution in [-0.4, -0.2) is 39.6 Å². The Balaban J connectivity index is 2.12. The number of rotatable bonds is 6. The lowest BCUT2D eigenvalue weighted by Crippen LogP contribution is -2.45. The van der Waals surface area contributed by atoms with Gasteiger partial charge in [0.1, 0.15) is 5.56 Å². The molecule has 3 aromatic rings. The highest BCUT2D eigenvalue weighted by atomic mass is 35.5. The van der Waals surface area contributed by atoms with Gasteiger partial charge in [-0.2, -0.15) is 9.78 Å². The number of nitrogens with zero attached hydrogens (tertiary/aromatic N) is 2. The molecule has 3 rings (SSSR count). The Labute approximate surface area is 183 Å². The Kier molecular flexibility index (Phi) is 6.99. The highest BCUT2D eigenvalue weighted by Crippen LogP contribution is 2.21. The van der Waals surface area contributed by atoms with Crippen molar-refractivity contribution in [2.24, 2.45) is 0 Å². The summed E-state index contributed by atoms with van der Waals surface area (Å²) in [4.78, 5) is 25.4. The molecule has 0 aliphatic rings. The van der Waals surface area contributed by atoms with Crippen LogP contribution in [0.4, 0.5) is 13.2 Å². The number of aliphatic hydroxyl groups excluding tert-OH is 1. The number of benzene rings is 2. The van der Waals surface area contributed by atoms with Gasteiger partial charge in [-0.25, -0.2) is 13.2 Å². The highest BCUT2D eigenvalue weighted by molar-refractivity contribution is 6.31. The molecule has 31 heavy (non-hydrogen) atoms. The molecular weight excluding hydrogens is 458 g/mol. The molecule has 6 nitrogen and oxygen atoms in total. The van der Waals surface area contributed by atoms with E-state index in [1.54, 1.807) is 41.7 Å². The summed E-state index contributed by atoms with van der Waals surface area (Å²) in [6.45, 7) is 0. The molecule has 1 heterocycles. The predicted molar refractivity (Wildman–Crippen MR) is 110 cm³/mol. The minimum absolute atomic E-state index is 0.145. The van der Waals surface area contributed by atoms with E-state index < -0.39 is 35.9 Å². The van der Waals surface area contributed by atoms with E-state index >= 15 is 0 Å². The molecule has 2 atom stereocenters. The van der Waals surface area contributed by atoms with Gasteiger partial charge in [-0.3, -0.25) is 9.59 Å². The Morgan fingerprint density at radius 1 is 1.03 bits per heavy atom. The van der Waals surface area contributed by atoms with Crippen LogP contribution in [0.3, 0.4) is 0 Å². The minimum atomic E-state index is -3.43.